The molecule has 1 fully saturated rings. The quantitative estimate of drug-likeness (QED) is 0.467. The fourth-order valence-electron chi connectivity index (χ4n) is 4.86. The molecule has 2 N–H and O–H groups in total. The Balaban J connectivity index is 1.83. The molecule has 3 rings (SSSR count). The molecule has 0 amide bonds. The lowest BCUT2D eigenvalue weighted by Gasteiger charge is -2.49. The second-order valence-electron chi connectivity index (χ2n) is 10.2. The largest absolute Gasteiger partial charge is 0.507 e. The summed E-state index contributed by atoms with van der Waals surface area (Å²) in [5.41, 5.74) is 4.06. The molecule has 176 valence electrons. The van der Waals surface area contributed by atoms with E-state index in [1.54, 1.807) is 19.2 Å². The van der Waals surface area contributed by atoms with Crippen LogP contribution in [0, 0.1) is 0 Å². The van der Waals surface area contributed by atoms with Crippen molar-refractivity contribution in [3.05, 3.63) is 54.6 Å². The number of rotatable bonds is 6. The second kappa shape index (κ2) is 9.48. The molecule has 0 saturated carbocycles. The smallest absolute Gasteiger partial charge is 0.151 e. The van der Waals surface area contributed by atoms with E-state index in [9.17, 15) is 5.11 Å². The topological polar surface area (TPSA) is 73.6 Å². The molecule has 0 radical (unpaired) electrons. The first-order chi connectivity index (χ1) is 15.4. The van der Waals surface area contributed by atoms with Crippen LogP contribution < -0.4 is 10.2 Å². The average molecular weight is 448 g/mol. The zero-order chi connectivity index (χ0) is 24.4. The molecule has 0 aliphatic carbocycles. The lowest BCUT2D eigenvalue weighted by Crippen LogP contribution is -2.62. The highest BCUT2D eigenvalue weighted by Gasteiger charge is 2.39. The molecule has 1 aromatic carbocycles. The van der Waals surface area contributed by atoms with Crippen molar-refractivity contribution in [3.8, 4) is 17.0 Å². The van der Waals surface area contributed by atoms with Gasteiger partial charge in [-0.05, 0) is 88.9 Å². The Morgan fingerprint density at radius 3 is 2.33 bits per heavy atom. The van der Waals surface area contributed by atoms with Gasteiger partial charge in [0, 0.05) is 42.5 Å². The third kappa shape index (κ3) is 5.88. The fourth-order valence-corrected chi connectivity index (χ4v) is 4.86. The summed E-state index contributed by atoms with van der Waals surface area (Å²) in [7, 11) is 3.84. The second-order valence-corrected chi connectivity index (χ2v) is 10.2. The van der Waals surface area contributed by atoms with Gasteiger partial charge in [0.1, 0.15) is 5.75 Å². The summed E-state index contributed by atoms with van der Waals surface area (Å²) in [6.07, 6.45) is 5.76. The molecule has 0 atom stereocenters. The van der Waals surface area contributed by atoms with Crippen molar-refractivity contribution in [1.29, 1.82) is 0 Å². The van der Waals surface area contributed by atoms with E-state index in [1.807, 2.05) is 37.3 Å². The number of benzene rings is 1. The van der Waals surface area contributed by atoms with Gasteiger partial charge < -0.3 is 15.3 Å². The molecule has 6 heteroatoms. The van der Waals surface area contributed by atoms with Gasteiger partial charge in [0.2, 0.25) is 0 Å². The molecule has 1 aliphatic heterocycles. The average Bonchev–Trinajstić information content (AvgIpc) is 2.74. The number of anilines is 1. The minimum Gasteiger partial charge on any atom is -0.507 e. The van der Waals surface area contributed by atoms with Crippen LogP contribution in [0.5, 0.6) is 5.75 Å². The molecule has 2 aromatic rings. The molecule has 0 bridgehead atoms. The van der Waals surface area contributed by atoms with E-state index in [1.165, 1.54) is 0 Å². The predicted octanol–water partition coefficient (Wildman–Crippen LogP) is 5.25. The predicted molar refractivity (Wildman–Crippen MR) is 139 cm³/mol. The standard InChI is InChI=1S/C27H37N5O/c1-9-19(14-18(2)28-7)20-10-11-22(24(33)15-20)23-12-13-25(30-29-23)32(8)21-16-26(3,4)31-27(5,6)17-21/h9-15,21,31,33H,1,16-17H2,2-8H3/b19-14+,28-18?. The number of phenolic OH excluding ortho intramolecular Hbond substituents is 1. The molecule has 33 heavy (non-hydrogen) atoms. The first kappa shape index (κ1) is 24.6. The van der Waals surface area contributed by atoms with Crippen LogP contribution in [0.25, 0.3) is 16.8 Å². The highest BCUT2D eigenvalue weighted by atomic mass is 16.3. The third-order valence-corrected chi connectivity index (χ3v) is 6.27. The van der Waals surface area contributed by atoms with Gasteiger partial charge in [0.25, 0.3) is 0 Å². The number of nitrogens with one attached hydrogen (secondary N) is 1. The third-order valence-electron chi connectivity index (χ3n) is 6.27. The summed E-state index contributed by atoms with van der Waals surface area (Å²) in [5, 5.41) is 23.4. The lowest BCUT2D eigenvalue weighted by molar-refractivity contribution is 0.160. The number of hydrogen-bond acceptors (Lipinski definition) is 6. The van der Waals surface area contributed by atoms with Crippen molar-refractivity contribution >= 4 is 17.1 Å². The van der Waals surface area contributed by atoms with E-state index in [0.29, 0.717) is 17.3 Å². The Bertz CT molecular complexity index is 1050. The SMILES string of the molecule is C=C/C(=C\C(C)=NC)c1ccc(-c2ccc(N(C)C3CC(C)(C)NC(C)(C)C3)nn2)c(O)c1. The Hall–Kier alpha value is -2.99. The maximum atomic E-state index is 10.7. The van der Waals surface area contributed by atoms with Crippen molar-refractivity contribution in [2.45, 2.75) is 64.6 Å². The van der Waals surface area contributed by atoms with Gasteiger partial charge in [0.15, 0.2) is 5.82 Å². The summed E-state index contributed by atoms with van der Waals surface area (Å²) in [6.45, 7) is 14.8. The molecule has 0 spiro atoms. The summed E-state index contributed by atoms with van der Waals surface area (Å²) < 4.78 is 0. The number of aliphatic imine (C=N–C) groups is 1. The van der Waals surface area contributed by atoms with Crippen LogP contribution in [0.4, 0.5) is 5.82 Å². The number of hydrogen-bond donors (Lipinski definition) is 2. The Labute approximate surface area is 198 Å². The summed E-state index contributed by atoms with van der Waals surface area (Å²) in [4.78, 5) is 6.39. The zero-order valence-corrected chi connectivity index (χ0v) is 21.0. The van der Waals surface area contributed by atoms with Gasteiger partial charge in [-0.2, -0.15) is 0 Å². The van der Waals surface area contributed by atoms with Gasteiger partial charge in [-0.15, -0.1) is 10.2 Å². The van der Waals surface area contributed by atoms with Crippen molar-refractivity contribution in [3.63, 3.8) is 0 Å². The summed E-state index contributed by atoms with van der Waals surface area (Å²) in [5.74, 6) is 0.989. The first-order valence-corrected chi connectivity index (χ1v) is 11.4. The molecule has 2 heterocycles. The van der Waals surface area contributed by atoms with Crippen LogP contribution in [0.3, 0.4) is 0 Å². The van der Waals surface area contributed by atoms with E-state index in [-0.39, 0.29) is 16.8 Å². The number of aromatic nitrogens is 2. The molecule has 1 aromatic heterocycles. The zero-order valence-electron chi connectivity index (χ0n) is 21.0. The Kier molecular flexibility index (Phi) is 7.08. The molecule has 0 unspecified atom stereocenters. The van der Waals surface area contributed by atoms with Gasteiger partial charge in [0.05, 0.1) is 5.69 Å². The monoisotopic (exact) mass is 447 g/mol. The van der Waals surface area contributed by atoms with E-state index in [4.69, 9.17) is 0 Å². The van der Waals surface area contributed by atoms with Crippen LogP contribution in [0.15, 0.2) is 54.1 Å². The van der Waals surface area contributed by atoms with E-state index in [0.717, 1.165) is 35.5 Å². The van der Waals surface area contributed by atoms with Gasteiger partial charge >= 0.3 is 0 Å². The Morgan fingerprint density at radius 2 is 1.82 bits per heavy atom. The fraction of sp³-hybridized carbons (Fsp3) is 0.444. The number of allylic oxidation sites excluding steroid dienone is 3. The van der Waals surface area contributed by atoms with Gasteiger partial charge in [-0.25, -0.2) is 0 Å². The van der Waals surface area contributed by atoms with Crippen molar-refractivity contribution < 1.29 is 5.11 Å². The number of aromatic hydroxyl groups is 1. The lowest BCUT2D eigenvalue weighted by atomic mass is 9.79. The minimum absolute atomic E-state index is 0.0574. The first-order valence-electron chi connectivity index (χ1n) is 11.4. The van der Waals surface area contributed by atoms with Crippen LogP contribution in [0.2, 0.25) is 0 Å². The van der Waals surface area contributed by atoms with Crippen LogP contribution in [-0.4, -0.2) is 52.2 Å². The molecular weight excluding hydrogens is 410 g/mol. The molecule has 1 aliphatic rings. The Morgan fingerprint density at radius 1 is 1.15 bits per heavy atom. The van der Waals surface area contributed by atoms with E-state index < -0.39 is 0 Å². The van der Waals surface area contributed by atoms with Gasteiger partial charge in [-0.1, -0.05) is 18.7 Å². The van der Waals surface area contributed by atoms with E-state index >= 15 is 0 Å². The normalized spacial score (nSPS) is 18.8. The van der Waals surface area contributed by atoms with Gasteiger partial charge in [-0.3, -0.25) is 4.99 Å². The highest BCUT2D eigenvalue weighted by molar-refractivity contribution is 6.01. The maximum absolute atomic E-state index is 10.7. The highest BCUT2D eigenvalue weighted by Crippen LogP contribution is 2.34. The van der Waals surface area contributed by atoms with Crippen LogP contribution in [0.1, 0.15) is 53.0 Å². The number of piperidine rings is 1. The summed E-state index contributed by atoms with van der Waals surface area (Å²) in [6, 6.07) is 9.81. The summed E-state index contributed by atoms with van der Waals surface area (Å²) >= 11 is 0. The molecular formula is C27H37N5O. The number of phenols is 1. The van der Waals surface area contributed by atoms with Crippen molar-refractivity contribution in [2.24, 2.45) is 4.99 Å². The van der Waals surface area contributed by atoms with Crippen LogP contribution >= 0.6 is 0 Å². The van der Waals surface area contributed by atoms with Crippen LogP contribution in [-0.2, 0) is 0 Å². The van der Waals surface area contributed by atoms with Crippen molar-refractivity contribution in [2.75, 3.05) is 19.0 Å². The minimum atomic E-state index is 0.0574. The molecule has 6 nitrogen and oxygen atoms in total. The number of nitrogens with zero attached hydrogens (tertiary/aromatic N) is 4. The molecule has 1 saturated heterocycles. The van der Waals surface area contributed by atoms with E-state index in [2.05, 4.69) is 66.7 Å². The van der Waals surface area contributed by atoms with Crippen molar-refractivity contribution in [1.82, 2.24) is 15.5 Å². The maximum Gasteiger partial charge on any atom is 0.151 e.